The Morgan fingerprint density at radius 2 is 1.81 bits per heavy atom. The van der Waals surface area contributed by atoms with Crippen molar-refractivity contribution in [2.24, 2.45) is 0 Å². The number of hydrogen-bond donors (Lipinski definition) is 0. The van der Waals surface area contributed by atoms with Crippen molar-refractivity contribution in [3.05, 3.63) is 54.4 Å². The van der Waals surface area contributed by atoms with Crippen molar-refractivity contribution in [1.82, 2.24) is 14.8 Å². The number of fused-ring (bicyclic) bond motifs is 2. The molecule has 5 nitrogen and oxygen atoms in total. The molecule has 2 fully saturated rings. The summed E-state index contributed by atoms with van der Waals surface area (Å²) in [6.07, 6.45) is 5.01. The molecular weight excluding hydrogens is 338 g/mol. The van der Waals surface area contributed by atoms with Crippen molar-refractivity contribution in [2.75, 3.05) is 26.2 Å². The maximum atomic E-state index is 13.0. The lowest BCUT2D eigenvalue weighted by atomic mass is 10.0. The topological polar surface area (TPSA) is 49.6 Å². The summed E-state index contributed by atoms with van der Waals surface area (Å²) < 4.78 is 5.30. The molecule has 0 N–H and O–H groups in total. The van der Waals surface area contributed by atoms with E-state index in [0.717, 1.165) is 53.8 Å². The van der Waals surface area contributed by atoms with Gasteiger partial charge in [-0.1, -0.05) is 18.2 Å². The van der Waals surface area contributed by atoms with Crippen LogP contribution in [0.1, 0.15) is 29.6 Å². The van der Waals surface area contributed by atoms with Crippen LogP contribution >= 0.6 is 0 Å². The first-order chi connectivity index (χ1) is 13.3. The lowest BCUT2D eigenvalue weighted by Crippen LogP contribution is -2.39. The van der Waals surface area contributed by atoms with E-state index in [2.05, 4.69) is 9.88 Å². The van der Waals surface area contributed by atoms with E-state index in [1.807, 2.05) is 47.4 Å². The molecule has 5 heteroatoms. The smallest absolute Gasteiger partial charge is 0.253 e. The third kappa shape index (κ3) is 3.12. The fourth-order valence-corrected chi connectivity index (χ4v) is 4.42. The molecule has 2 aromatic carbocycles. The molecule has 1 aromatic heterocycles. The van der Waals surface area contributed by atoms with Gasteiger partial charge in [-0.05, 0) is 61.2 Å². The van der Waals surface area contributed by atoms with E-state index in [1.54, 1.807) is 0 Å². The number of aromatic nitrogens is 1. The molecule has 0 bridgehead atoms. The van der Waals surface area contributed by atoms with Crippen LogP contribution in [-0.2, 0) is 0 Å². The highest BCUT2D eigenvalue weighted by Gasteiger charge is 2.30. The minimum absolute atomic E-state index is 0.155. The number of hydrogen-bond acceptors (Lipinski definition) is 4. The van der Waals surface area contributed by atoms with Gasteiger partial charge in [0, 0.05) is 31.2 Å². The molecule has 3 heterocycles. The number of carbonyl (C=O) groups is 1. The van der Waals surface area contributed by atoms with Gasteiger partial charge >= 0.3 is 0 Å². The van der Waals surface area contributed by atoms with Gasteiger partial charge in [0.25, 0.3) is 5.91 Å². The Morgan fingerprint density at radius 1 is 1.00 bits per heavy atom. The Labute approximate surface area is 158 Å². The van der Waals surface area contributed by atoms with Crippen molar-refractivity contribution in [1.29, 1.82) is 0 Å². The minimum atomic E-state index is 0.155. The zero-order valence-electron chi connectivity index (χ0n) is 15.3. The number of benzene rings is 2. The SMILES string of the molecule is O=C(c1ccc(-c2ccc3ocnc3c2)cc1)N1CCCN2CCC[C@H]2C1. The van der Waals surface area contributed by atoms with Gasteiger partial charge in [0.1, 0.15) is 5.52 Å². The van der Waals surface area contributed by atoms with Gasteiger partial charge in [-0.15, -0.1) is 0 Å². The molecule has 0 unspecified atom stereocenters. The maximum absolute atomic E-state index is 13.0. The van der Waals surface area contributed by atoms with Gasteiger partial charge in [-0.2, -0.15) is 0 Å². The molecule has 0 spiro atoms. The number of oxazole rings is 1. The molecule has 138 valence electrons. The highest BCUT2D eigenvalue weighted by atomic mass is 16.3. The second-order valence-electron chi connectivity index (χ2n) is 7.55. The van der Waals surface area contributed by atoms with E-state index < -0.39 is 0 Å². The van der Waals surface area contributed by atoms with Crippen molar-refractivity contribution in [3.63, 3.8) is 0 Å². The van der Waals surface area contributed by atoms with Crippen LogP contribution < -0.4 is 0 Å². The van der Waals surface area contributed by atoms with Crippen LogP contribution in [0.4, 0.5) is 0 Å². The summed E-state index contributed by atoms with van der Waals surface area (Å²) >= 11 is 0. The Hall–Kier alpha value is -2.66. The summed E-state index contributed by atoms with van der Waals surface area (Å²) in [4.78, 5) is 21.8. The largest absolute Gasteiger partial charge is 0.443 e. The molecule has 2 aliphatic heterocycles. The molecule has 0 saturated carbocycles. The van der Waals surface area contributed by atoms with Crippen LogP contribution in [0.15, 0.2) is 53.3 Å². The lowest BCUT2D eigenvalue weighted by Gasteiger charge is -2.25. The first kappa shape index (κ1) is 16.5. The minimum Gasteiger partial charge on any atom is -0.443 e. The second-order valence-corrected chi connectivity index (χ2v) is 7.55. The Bertz CT molecular complexity index is 963. The molecule has 2 saturated heterocycles. The number of rotatable bonds is 2. The zero-order valence-corrected chi connectivity index (χ0v) is 15.3. The van der Waals surface area contributed by atoms with Crippen molar-refractivity contribution >= 4 is 17.0 Å². The van der Waals surface area contributed by atoms with Crippen molar-refractivity contribution in [3.8, 4) is 11.1 Å². The standard InChI is InChI=1S/C22H23N3O2/c26-22(25-12-2-11-24-10-1-3-19(24)14-25)17-6-4-16(5-7-17)18-8-9-21-20(13-18)23-15-27-21/h4-9,13,15,19H,1-3,10-12,14H2/t19-/m0/s1. The molecule has 1 atom stereocenters. The third-order valence-electron chi connectivity index (χ3n) is 5.89. The van der Waals surface area contributed by atoms with Crippen LogP contribution in [0.3, 0.4) is 0 Å². The first-order valence-corrected chi connectivity index (χ1v) is 9.75. The molecule has 2 aliphatic rings. The summed E-state index contributed by atoms with van der Waals surface area (Å²) in [6.45, 7) is 4.04. The molecule has 3 aromatic rings. The van der Waals surface area contributed by atoms with Crippen LogP contribution in [0.5, 0.6) is 0 Å². The Morgan fingerprint density at radius 3 is 2.70 bits per heavy atom. The van der Waals surface area contributed by atoms with E-state index >= 15 is 0 Å². The fourth-order valence-electron chi connectivity index (χ4n) is 4.42. The van der Waals surface area contributed by atoms with Gasteiger partial charge in [0.2, 0.25) is 0 Å². The first-order valence-electron chi connectivity index (χ1n) is 9.75. The zero-order chi connectivity index (χ0) is 18.2. The average Bonchev–Trinajstić information content (AvgIpc) is 3.31. The predicted octanol–water partition coefficient (Wildman–Crippen LogP) is 3.81. The van der Waals surface area contributed by atoms with E-state index in [9.17, 15) is 4.79 Å². The maximum Gasteiger partial charge on any atom is 0.253 e. The van der Waals surface area contributed by atoms with Crippen LogP contribution in [-0.4, -0.2) is 52.9 Å². The fraction of sp³-hybridized carbons (Fsp3) is 0.364. The van der Waals surface area contributed by atoms with Gasteiger partial charge < -0.3 is 9.32 Å². The molecule has 1 amide bonds. The highest BCUT2D eigenvalue weighted by Crippen LogP contribution is 2.26. The summed E-state index contributed by atoms with van der Waals surface area (Å²) in [5.74, 6) is 0.155. The molecule has 5 rings (SSSR count). The highest BCUT2D eigenvalue weighted by molar-refractivity contribution is 5.95. The van der Waals surface area contributed by atoms with E-state index in [0.29, 0.717) is 6.04 Å². The third-order valence-corrected chi connectivity index (χ3v) is 5.89. The quantitative estimate of drug-likeness (QED) is 0.697. The molecule has 0 radical (unpaired) electrons. The number of carbonyl (C=O) groups excluding carboxylic acids is 1. The molecular formula is C22H23N3O2. The van der Waals surface area contributed by atoms with Gasteiger partial charge in [-0.25, -0.2) is 4.98 Å². The monoisotopic (exact) mass is 361 g/mol. The van der Waals surface area contributed by atoms with Crippen LogP contribution in [0.2, 0.25) is 0 Å². The predicted molar refractivity (Wildman–Crippen MR) is 105 cm³/mol. The van der Waals surface area contributed by atoms with Crippen molar-refractivity contribution in [2.45, 2.75) is 25.3 Å². The Balaban J connectivity index is 1.35. The van der Waals surface area contributed by atoms with Crippen LogP contribution in [0, 0.1) is 0 Å². The normalized spacial score (nSPS) is 20.6. The Kier molecular flexibility index (Phi) is 4.17. The van der Waals surface area contributed by atoms with E-state index in [1.165, 1.54) is 25.8 Å². The number of amides is 1. The van der Waals surface area contributed by atoms with Gasteiger partial charge in [0.05, 0.1) is 0 Å². The second kappa shape index (κ2) is 6.82. The van der Waals surface area contributed by atoms with Gasteiger partial charge in [0.15, 0.2) is 12.0 Å². The number of nitrogens with zero attached hydrogens (tertiary/aromatic N) is 3. The van der Waals surface area contributed by atoms with Crippen molar-refractivity contribution < 1.29 is 9.21 Å². The summed E-state index contributed by atoms with van der Waals surface area (Å²) in [5.41, 5.74) is 4.56. The lowest BCUT2D eigenvalue weighted by molar-refractivity contribution is 0.0743. The van der Waals surface area contributed by atoms with Gasteiger partial charge in [-0.3, -0.25) is 9.69 Å². The molecule has 0 aliphatic carbocycles. The van der Waals surface area contributed by atoms with E-state index in [-0.39, 0.29) is 5.91 Å². The summed E-state index contributed by atoms with van der Waals surface area (Å²) in [6, 6.07) is 14.4. The summed E-state index contributed by atoms with van der Waals surface area (Å²) in [7, 11) is 0. The van der Waals surface area contributed by atoms with E-state index in [4.69, 9.17) is 4.42 Å². The molecule has 27 heavy (non-hydrogen) atoms. The summed E-state index contributed by atoms with van der Waals surface area (Å²) in [5, 5.41) is 0. The van der Waals surface area contributed by atoms with Crippen LogP contribution in [0.25, 0.3) is 22.2 Å². The average molecular weight is 361 g/mol.